The molecule has 2 nitrogen and oxygen atoms in total. The van der Waals surface area contributed by atoms with Gasteiger partial charge in [-0.2, -0.15) is 5.01 Å². The van der Waals surface area contributed by atoms with Crippen molar-refractivity contribution in [3.8, 4) is 0 Å². The zero-order valence-corrected chi connectivity index (χ0v) is 8.44. The first-order chi connectivity index (χ1) is 5.83. The van der Waals surface area contributed by atoms with Crippen LogP contribution >= 0.6 is 0 Å². The van der Waals surface area contributed by atoms with E-state index < -0.39 is 0 Å². The third kappa shape index (κ3) is 3.21. The molecule has 0 N–H and O–H groups in total. The summed E-state index contributed by atoms with van der Waals surface area (Å²) in [6.07, 6.45) is 0. The standard InChI is InChI=1S/C8H10N2S2/c1-10(9-12-11)7-8-5-3-2-4-6-8/h2-6H,7H2,1H3. The fourth-order valence-corrected chi connectivity index (χ4v) is 1.45. The molecule has 0 radical (unpaired) electrons. The Hall–Kier alpha value is -0.580. The second-order valence-corrected chi connectivity index (χ2v) is 3.22. The van der Waals surface area contributed by atoms with E-state index in [1.807, 2.05) is 30.3 Å². The van der Waals surface area contributed by atoms with Crippen LogP contribution in [0.3, 0.4) is 0 Å². The van der Waals surface area contributed by atoms with E-state index in [-0.39, 0.29) is 0 Å². The lowest BCUT2D eigenvalue weighted by atomic mass is 10.2. The van der Waals surface area contributed by atoms with Crippen molar-refractivity contribution >= 4 is 21.3 Å². The molecule has 0 unspecified atom stereocenters. The second-order valence-electron chi connectivity index (χ2n) is 2.46. The highest BCUT2D eigenvalue weighted by atomic mass is 32.8. The van der Waals surface area contributed by atoms with E-state index >= 15 is 0 Å². The molecule has 64 valence electrons. The normalized spacial score (nSPS) is 9.83. The molecule has 0 bridgehead atoms. The Morgan fingerprint density at radius 2 is 2.08 bits per heavy atom. The Morgan fingerprint density at radius 3 is 2.67 bits per heavy atom. The van der Waals surface area contributed by atoms with E-state index in [0.29, 0.717) is 0 Å². The maximum Gasteiger partial charge on any atom is 0.0477 e. The molecule has 0 amide bonds. The molecule has 0 aliphatic rings. The third-order valence-electron chi connectivity index (χ3n) is 1.43. The Kier molecular flexibility index (Phi) is 4.07. The predicted octanol–water partition coefficient (Wildman–Crippen LogP) is 1.76. The Balaban J connectivity index is 2.58. The van der Waals surface area contributed by atoms with Crippen molar-refractivity contribution in [1.29, 1.82) is 0 Å². The molecular weight excluding hydrogens is 188 g/mol. The zero-order chi connectivity index (χ0) is 8.81. The number of hydrogen-bond acceptors (Lipinski definition) is 2. The topological polar surface area (TPSA) is 15.6 Å². The summed E-state index contributed by atoms with van der Waals surface area (Å²) in [7, 11) is 2.97. The van der Waals surface area contributed by atoms with Crippen molar-refractivity contribution in [3.63, 3.8) is 0 Å². The highest BCUT2D eigenvalue weighted by Gasteiger charge is 1.94. The monoisotopic (exact) mass is 198 g/mol. The number of nitrogens with zero attached hydrogens (tertiary/aromatic N) is 2. The predicted molar refractivity (Wildman–Crippen MR) is 55.1 cm³/mol. The van der Waals surface area contributed by atoms with Gasteiger partial charge in [0.2, 0.25) is 0 Å². The summed E-state index contributed by atoms with van der Waals surface area (Å²) in [5.74, 6) is 0. The van der Waals surface area contributed by atoms with Crippen LogP contribution in [-0.2, 0) is 27.9 Å². The Bertz CT molecular complexity index is 280. The minimum Gasteiger partial charge on any atom is -0.188 e. The van der Waals surface area contributed by atoms with E-state index in [1.165, 1.54) is 5.56 Å². The van der Waals surface area contributed by atoms with Gasteiger partial charge in [0.05, 0.1) is 0 Å². The van der Waals surface area contributed by atoms with E-state index in [1.54, 1.807) is 0 Å². The molecule has 0 atom stereocenters. The van der Waals surface area contributed by atoms with Gasteiger partial charge >= 0.3 is 0 Å². The fourth-order valence-electron chi connectivity index (χ4n) is 0.933. The molecule has 0 saturated heterocycles. The van der Waals surface area contributed by atoms with Gasteiger partial charge in [0, 0.05) is 34.9 Å². The molecule has 1 aromatic rings. The molecule has 0 aliphatic heterocycles. The lowest BCUT2D eigenvalue weighted by molar-refractivity contribution is 0.355. The SMILES string of the molecule is CN(Cc1ccccc1)N=S=S. The second kappa shape index (κ2) is 5.13. The zero-order valence-electron chi connectivity index (χ0n) is 6.80. The minimum atomic E-state index is 0.810. The summed E-state index contributed by atoms with van der Waals surface area (Å²) in [6.45, 7) is 0.810. The molecule has 4 heteroatoms. The first kappa shape index (κ1) is 9.51. The minimum absolute atomic E-state index is 0.810. The quantitative estimate of drug-likeness (QED) is 0.688. The smallest absolute Gasteiger partial charge is 0.0477 e. The lowest BCUT2D eigenvalue weighted by Crippen LogP contribution is -2.08. The van der Waals surface area contributed by atoms with Crippen LogP contribution in [0, 0.1) is 0 Å². The van der Waals surface area contributed by atoms with Crippen molar-refractivity contribution in [2.75, 3.05) is 7.05 Å². The van der Waals surface area contributed by atoms with Gasteiger partial charge in [-0.3, -0.25) is 0 Å². The molecule has 0 spiro atoms. The van der Waals surface area contributed by atoms with Gasteiger partial charge in [0.25, 0.3) is 0 Å². The molecule has 12 heavy (non-hydrogen) atoms. The van der Waals surface area contributed by atoms with Crippen LogP contribution < -0.4 is 0 Å². The van der Waals surface area contributed by atoms with Crippen molar-refractivity contribution in [2.24, 2.45) is 4.47 Å². The average molecular weight is 198 g/mol. The Morgan fingerprint density at radius 1 is 1.42 bits per heavy atom. The summed E-state index contributed by atoms with van der Waals surface area (Å²) in [5.41, 5.74) is 1.24. The van der Waals surface area contributed by atoms with Crippen molar-refractivity contribution in [2.45, 2.75) is 6.54 Å². The summed E-state index contributed by atoms with van der Waals surface area (Å²) in [4.78, 5) is 0. The molecule has 0 heterocycles. The highest BCUT2D eigenvalue weighted by Crippen LogP contribution is 2.01. The molecule has 0 aliphatic carbocycles. The van der Waals surface area contributed by atoms with Gasteiger partial charge in [0.1, 0.15) is 0 Å². The molecule has 0 saturated carbocycles. The maximum atomic E-state index is 4.65. The summed E-state index contributed by atoms with van der Waals surface area (Å²) in [6, 6.07) is 10.2. The largest absolute Gasteiger partial charge is 0.188 e. The van der Waals surface area contributed by atoms with Crippen molar-refractivity contribution in [3.05, 3.63) is 35.9 Å². The fraction of sp³-hybridized carbons (Fsp3) is 0.250. The van der Waals surface area contributed by atoms with Crippen LogP contribution in [0.25, 0.3) is 0 Å². The van der Waals surface area contributed by atoms with Gasteiger partial charge in [-0.05, 0) is 5.56 Å². The number of benzene rings is 1. The summed E-state index contributed by atoms with van der Waals surface area (Å²) < 4.78 is 3.98. The van der Waals surface area contributed by atoms with Crippen molar-refractivity contribution < 1.29 is 0 Å². The molecule has 1 rings (SSSR count). The number of hydrogen-bond donors (Lipinski definition) is 0. The van der Waals surface area contributed by atoms with E-state index in [4.69, 9.17) is 0 Å². The van der Waals surface area contributed by atoms with Crippen LogP contribution in [-0.4, -0.2) is 12.1 Å². The van der Waals surface area contributed by atoms with E-state index in [0.717, 1.165) is 16.7 Å². The molecule has 1 aromatic carbocycles. The molecule has 0 aromatic heterocycles. The van der Waals surface area contributed by atoms with Crippen molar-refractivity contribution in [1.82, 2.24) is 5.01 Å². The maximum absolute atomic E-state index is 4.65. The van der Waals surface area contributed by atoms with Gasteiger partial charge < -0.3 is 0 Å². The first-order valence-corrected chi connectivity index (χ1v) is 5.28. The summed E-state index contributed by atoms with van der Waals surface area (Å²) >= 11 is 4.65. The van der Waals surface area contributed by atoms with Gasteiger partial charge in [-0.15, -0.1) is 4.47 Å². The van der Waals surface area contributed by atoms with Crippen LogP contribution in [0.4, 0.5) is 0 Å². The van der Waals surface area contributed by atoms with Crippen LogP contribution in [0.5, 0.6) is 0 Å². The van der Waals surface area contributed by atoms with Gasteiger partial charge in [-0.1, -0.05) is 30.3 Å². The van der Waals surface area contributed by atoms with Gasteiger partial charge in [-0.25, -0.2) is 0 Å². The van der Waals surface area contributed by atoms with Crippen LogP contribution in [0.15, 0.2) is 34.8 Å². The van der Waals surface area contributed by atoms with E-state index in [2.05, 4.69) is 27.8 Å². The Labute approximate surface area is 80.6 Å². The average Bonchev–Trinajstić information content (AvgIpc) is 2.06. The summed E-state index contributed by atoms with van der Waals surface area (Å²) in [5, 5.41) is 1.83. The molecule has 0 fully saturated rings. The van der Waals surface area contributed by atoms with E-state index in [9.17, 15) is 0 Å². The van der Waals surface area contributed by atoms with Gasteiger partial charge in [0.15, 0.2) is 0 Å². The molecular formula is C8H10N2S2. The van der Waals surface area contributed by atoms with Crippen LogP contribution in [0.2, 0.25) is 0 Å². The first-order valence-electron chi connectivity index (χ1n) is 3.58. The highest BCUT2D eigenvalue weighted by molar-refractivity contribution is 8.12. The van der Waals surface area contributed by atoms with Crippen LogP contribution in [0.1, 0.15) is 5.56 Å². The number of rotatable bonds is 3. The third-order valence-corrected chi connectivity index (χ3v) is 1.97. The lowest BCUT2D eigenvalue weighted by Gasteiger charge is -2.07.